The van der Waals surface area contributed by atoms with Crippen molar-refractivity contribution in [2.45, 2.75) is 45.4 Å². The van der Waals surface area contributed by atoms with Crippen LogP contribution in [-0.4, -0.2) is 71.2 Å². The van der Waals surface area contributed by atoms with Gasteiger partial charge in [0.1, 0.15) is 24.8 Å². The maximum atomic E-state index is 12.9. The molecule has 0 bridgehead atoms. The van der Waals surface area contributed by atoms with Crippen LogP contribution < -0.4 is 16.4 Å². The Kier molecular flexibility index (Phi) is 8.60. The lowest BCUT2D eigenvalue weighted by molar-refractivity contribution is -0.150. The monoisotopic (exact) mass is 463 g/mol. The smallest absolute Gasteiger partial charge is 0.429 e. The fourth-order valence-electron chi connectivity index (χ4n) is 2.98. The SMILES string of the molecule is CC(C)(C)OC(=O)N1CCC(C(=O)NCC(N)=O)N1C(=O)CNC(=O)OCc1ccccc1. The van der Waals surface area contributed by atoms with Crippen molar-refractivity contribution in [3.63, 3.8) is 0 Å². The second kappa shape index (κ2) is 11.2. The van der Waals surface area contributed by atoms with E-state index < -0.39 is 54.6 Å². The highest BCUT2D eigenvalue weighted by Gasteiger charge is 2.43. The third kappa shape index (κ3) is 7.98. The second-order valence-corrected chi connectivity index (χ2v) is 8.25. The molecule has 1 heterocycles. The molecule has 0 aromatic heterocycles. The molecule has 1 fully saturated rings. The molecule has 12 nitrogen and oxygen atoms in total. The van der Waals surface area contributed by atoms with Crippen LogP contribution in [0.25, 0.3) is 0 Å². The molecule has 1 unspecified atom stereocenters. The summed E-state index contributed by atoms with van der Waals surface area (Å²) < 4.78 is 10.4. The van der Waals surface area contributed by atoms with Crippen LogP contribution >= 0.6 is 0 Å². The molecule has 4 N–H and O–H groups in total. The summed E-state index contributed by atoms with van der Waals surface area (Å²) in [4.78, 5) is 61.0. The quantitative estimate of drug-likeness (QED) is 0.523. The lowest BCUT2D eigenvalue weighted by atomic mass is 10.2. The molecule has 2 rings (SSSR count). The number of hydrogen-bond acceptors (Lipinski definition) is 7. The van der Waals surface area contributed by atoms with E-state index in [4.69, 9.17) is 15.2 Å². The van der Waals surface area contributed by atoms with Crippen molar-refractivity contribution in [3.05, 3.63) is 35.9 Å². The van der Waals surface area contributed by atoms with Crippen molar-refractivity contribution < 1.29 is 33.4 Å². The number of amides is 5. The fourth-order valence-corrected chi connectivity index (χ4v) is 2.98. The summed E-state index contributed by atoms with van der Waals surface area (Å²) in [6.07, 6.45) is -1.56. The van der Waals surface area contributed by atoms with Crippen LogP contribution in [0.4, 0.5) is 9.59 Å². The number of carbonyl (C=O) groups is 5. The first-order chi connectivity index (χ1) is 15.5. The molecule has 1 aliphatic rings. The molecule has 180 valence electrons. The van der Waals surface area contributed by atoms with Gasteiger partial charge in [-0.05, 0) is 32.8 Å². The van der Waals surface area contributed by atoms with Gasteiger partial charge >= 0.3 is 12.2 Å². The average molecular weight is 463 g/mol. The van der Waals surface area contributed by atoms with Gasteiger partial charge in [0.15, 0.2) is 0 Å². The Morgan fingerprint density at radius 2 is 1.73 bits per heavy atom. The Labute approximate surface area is 191 Å². The number of rotatable bonds is 7. The van der Waals surface area contributed by atoms with Crippen molar-refractivity contribution in [1.29, 1.82) is 0 Å². The van der Waals surface area contributed by atoms with Crippen LogP contribution in [0.2, 0.25) is 0 Å². The van der Waals surface area contributed by atoms with E-state index in [1.165, 1.54) is 0 Å². The maximum Gasteiger partial charge on any atom is 0.429 e. The van der Waals surface area contributed by atoms with Gasteiger partial charge in [0.05, 0.1) is 6.54 Å². The molecular formula is C21H29N5O7. The molecule has 5 amide bonds. The van der Waals surface area contributed by atoms with Gasteiger partial charge in [-0.3, -0.25) is 14.4 Å². The van der Waals surface area contributed by atoms with Crippen LogP contribution in [0.5, 0.6) is 0 Å². The normalized spacial score (nSPS) is 15.5. The number of hydrazine groups is 1. The summed E-state index contributed by atoms with van der Waals surface area (Å²) in [6, 6.07) is 7.87. The maximum absolute atomic E-state index is 12.9. The van der Waals surface area contributed by atoms with Gasteiger partial charge in [0.25, 0.3) is 5.91 Å². The van der Waals surface area contributed by atoms with Crippen molar-refractivity contribution in [1.82, 2.24) is 20.7 Å². The van der Waals surface area contributed by atoms with Crippen LogP contribution in [0, 0.1) is 0 Å². The first-order valence-corrected chi connectivity index (χ1v) is 10.3. The largest absolute Gasteiger partial charge is 0.445 e. The minimum absolute atomic E-state index is 0.00671. The zero-order valence-electron chi connectivity index (χ0n) is 18.8. The minimum Gasteiger partial charge on any atom is -0.445 e. The highest BCUT2D eigenvalue weighted by Crippen LogP contribution is 2.22. The summed E-state index contributed by atoms with van der Waals surface area (Å²) >= 11 is 0. The number of carbonyl (C=O) groups excluding carboxylic acids is 5. The summed E-state index contributed by atoms with van der Waals surface area (Å²) in [6.45, 7) is 4.05. The standard InChI is InChI=1S/C21H29N5O7/c1-21(2,3)33-20(31)25-10-9-15(18(29)23-11-16(22)27)26(25)17(28)12-24-19(30)32-13-14-7-5-4-6-8-14/h4-8,15H,9-13H2,1-3H3,(H2,22,27)(H,23,29)(H,24,30). The van der Waals surface area contributed by atoms with E-state index >= 15 is 0 Å². The van der Waals surface area contributed by atoms with Crippen LogP contribution in [0.3, 0.4) is 0 Å². The summed E-state index contributed by atoms with van der Waals surface area (Å²) in [5.74, 6) is -2.17. The van der Waals surface area contributed by atoms with Crippen LogP contribution in [0.15, 0.2) is 30.3 Å². The van der Waals surface area contributed by atoms with E-state index in [0.717, 1.165) is 15.6 Å². The summed E-state index contributed by atoms with van der Waals surface area (Å²) in [5, 5.41) is 6.55. The topological polar surface area (TPSA) is 160 Å². The van der Waals surface area contributed by atoms with Gasteiger partial charge in [-0.2, -0.15) is 0 Å². The first kappa shape index (κ1) is 25.4. The predicted molar refractivity (Wildman–Crippen MR) is 115 cm³/mol. The zero-order chi connectivity index (χ0) is 24.6. The molecule has 0 aliphatic carbocycles. The lowest BCUT2D eigenvalue weighted by Crippen LogP contribution is -2.56. The van der Waals surface area contributed by atoms with Crippen molar-refractivity contribution in [2.75, 3.05) is 19.6 Å². The number of alkyl carbamates (subject to hydrolysis) is 1. The summed E-state index contributed by atoms with van der Waals surface area (Å²) in [5.41, 5.74) is 4.98. The Morgan fingerprint density at radius 1 is 1.06 bits per heavy atom. The Hall–Kier alpha value is -3.83. The molecule has 0 spiro atoms. The number of benzene rings is 1. The van der Waals surface area contributed by atoms with Crippen molar-refractivity contribution in [2.24, 2.45) is 5.73 Å². The average Bonchev–Trinajstić information content (AvgIpc) is 3.19. The molecule has 12 heteroatoms. The first-order valence-electron chi connectivity index (χ1n) is 10.3. The van der Waals surface area contributed by atoms with Crippen molar-refractivity contribution in [3.8, 4) is 0 Å². The Balaban J connectivity index is 2.04. The van der Waals surface area contributed by atoms with Gasteiger partial charge in [0.2, 0.25) is 11.8 Å². The van der Waals surface area contributed by atoms with E-state index in [2.05, 4.69) is 10.6 Å². The number of nitrogens with zero attached hydrogens (tertiary/aromatic N) is 2. The summed E-state index contributed by atoms with van der Waals surface area (Å²) in [7, 11) is 0. The third-order valence-electron chi connectivity index (χ3n) is 4.37. The van der Waals surface area contributed by atoms with Gasteiger partial charge in [0, 0.05) is 6.54 Å². The van der Waals surface area contributed by atoms with Gasteiger partial charge in [-0.1, -0.05) is 30.3 Å². The highest BCUT2D eigenvalue weighted by atomic mass is 16.6. The molecule has 1 aromatic carbocycles. The van der Waals surface area contributed by atoms with Gasteiger partial charge < -0.3 is 25.8 Å². The van der Waals surface area contributed by atoms with E-state index in [9.17, 15) is 24.0 Å². The van der Waals surface area contributed by atoms with E-state index in [1.807, 2.05) is 6.07 Å². The number of primary amides is 1. The van der Waals surface area contributed by atoms with Gasteiger partial charge in [-0.15, -0.1) is 0 Å². The predicted octanol–water partition coefficient (Wildman–Crippen LogP) is 0.267. The molecule has 1 aromatic rings. The molecule has 1 saturated heterocycles. The minimum atomic E-state index is -1.09. The lowest BCUT2D eigenvalue weighted by Gasteiger charge is -2.33. The molecule has 0 radical (unpaired) electrons. The fraction of sp³-hybridized carbons (Fsp3) is 0.476. The van der Waals surface area contributed by atoms with E-state index in [1.54, 1.807) is 45.0 Å². The van der Waals surface area contributed by atoms with Crippen LogP contribution in [0.1, 0.15) is 32.8 Å². The molecule has 1 aliphatic heterocycles. The zero-order valence-corrected chi connectivity index (χ0v) is 18.8. The molecular weight excluding hydrogens is 434 g/mol. The second-order valence-electron chi connectivity index (χ2n) is 8.25. The van der Waals surface area contributed by atoms with Crippen LogP contribution in [-0.2, 0) is 30.5 Å². The van der Waals surface area contributed by atoms with E-state index in [-0.39, 0.29) is 19.6 Å². The van der Waals surface area contributed by atoms with Crippen molar-refractivity contribution >= 4 is 29.9 Å². The number of nitrogens with one attached hydrogen (secondary N) is 2. The molecule has 33 heavy (non-hydrogen) atoms. The Morgan fingerprint density at radius 3 is 2.33 bits per heavy atom. The molecule has 1 atom stereocenters. The third-order valence-corrected chi connectivity index (χ3v) is 4.37. The number of ether oxygens (including phenoxy) is 2. The number of nitrogens with two attached hydrogens (primary N) is 1. The van der Waals surface area contributed by atoms with Gasteiger partial charge in [-0.25, -0.2) is 19.6 Å². The number of hydrogen-bond donors (Lipinski definition) is 3. The highest BCUT2D eigenvalue weighted by molar-refractivity contribution is 5.92. The van der Waals surface area contributed by atoms with E-state index in [0.29, 0.717) is 0 Å². The Bertz CT molecular complexity index is 885. The molecule has 0 saturated carbocycles.